The number of amides is 2. The summed E-state index contributed by atoms with van der Waals surface area (Å²) in [5.41, 5.74) is 1.43. The SMILES string of the molecule is CNC(=O)[C@H](C)N(Cc1ccccc1F)C(=O)CN(c1ccc(C)cc1)S(=O)(=O)c1ccccc1. The monoisotopic (exact) mass is 497 g/mol. The maximum absolute atomic E-state index is 14.4. The highest BCUT2D eigenvalue weighted by molar-refractivity contribution is 7.92. The Kier molecular flexibility index (Phi) is 8.24. The van der Waals surface area contributed by atoms with Crippen molar-refractivity contribution in [3.63, 3.8) is 0 Å². The Hall–Kier alpha value is -3.72. The van der Waals surface area contributed by atoms with Crippen molar-refractivity contribution in [1.29, 1.82) is 0 Å². The molecule has 1 atom stereocenters. The molecule has 0 unspecified atom stereocenters. The first-order chi connectivity index (χ1) is 16.6. The number of nitrogens with one attached hydrogen (secondary N) is 1. The van der Waals surface area contributed by atoms with Gasteiger partial charge in [-0.3, -0.25) is 13.9 Å². The van der Waals surface area contributed by atoms with Gasteiger partial charge in [-0.1, -0.05) is 54.1 Å². The van der Waals surface area contributed by atoms with Crippen molar-refractivity contribution in [1.82, 2.24) is 10.2 Å². The number of carbonyl (C=O) groups excluding carboxylic acids is 2. The molecule has 7 nitrogen and oxygen atoms in total. The quantitative estimate of drug-likeness (QED) is 0.490. The Morgan fingerprint density at radius 3 is 2.14 bits per heavy atom. The van der Waals surface area contributed by atoms with E-state index in [9.17, 15) is 22.4 Å². The van der Waals surface area contributed by atoms with Crippen LogP contribution >= 0.6 is 0 Å². The van der Waals surface area contributed by atoms with Crippen LogP contribution in [0.1, 0.15) is 18.1 Å². The maximum atomic E-state index is 14.4. The summed E-state index contributed by atoms with van der Waals surface area (Å²) in [5, 5.41) is 2.49. The zero-order valence-corrected chi connectivity index (χ0v) is 20.6. The van der Waals surface area contributed by atoms with E-state index in [4.69, 9.17) is 0 Å². The van der Waals surface area contributed by atoms with Gasteiger partial charge in [0.25, 0.3) is 10.0 Å². The van der Waals surface area contributed by atoms with Gasteiger partial charge < -0.3 is 10.2 Å². The molecule has 3 aromatic carbocycles. The smallest absolute Gasteiger partial charge is 0.264 e. The topological polar surface area (TPSA) is 86.8 Å². The molecular formula is C26H28FN3O4S. The van der Waals surface area contributed by atoms with Crippen LogP contribution in [0.25, 0.3) is 0 Å². The molecule has 0 radical (unpaired) electrons. The minimum absolute atomic E-state index is 0.0216. The van der Waals surface area contributed by atoms with Crippen LogP contribution in [0.4, 0.5) is 10.1 Å². The van der Waals surface area contributed by atoms with Crippen LogP contribution in [0.15, 0.2) is 83.8 Å². The molecule has 0 aliphatic heterocycles. The number of anilines is 1. The standard InChI is InChI=1S/C26H28FN3O4S/c1-19-13-15-22(16-14-19)30(35(33,34)23-10-5-4-6-11-23)18-25(31)29(20(2)26(32)28-3)17-21-9-7-8-12-24(21)27/h4-16,20H,17-18H2,1-3H3,(H,28,32)/t20-/m0/s1. The summed E-state index contributed by atoms with van der Waals surface area (Å²) in [5.74, 6) is -1.63. The molecule has 9 heteroatoms. The molecule has 0 saturated heterocycles. The summed E-state index contributed by atoms with van der Waals surface area (Å²) < 4.78 is 42.5. The zero-order valence-electron chi connectivity index (χ0n) is 19.8. The molecule has 0 saturated carbocycles. The summed E-state index contributed by atoms with van der Waals surface area (Å²) in [4.78, 5) is 27.2. The average Bonchev–Trinajstić information content (AvgIpc) is 2.86. The van der Waals surface area contributed by atoms with Crippen molar-refractivity contribution in [3.05, 3.63) is 95.8 Å². The van der Waals surface area contributed by atoms with Crippen molar-refractivity contribution < 1.29 is 22.4 Å². The number of halogens is 1. The van der Waals surface area contributed by atoms with E-state index in [1.54, 1.807) is 48.5 Å². The molecule has 0 fully saturated rings. The number of likely N-dealkylation sites (N-methyl/N-ethyl adjacent to an activating group) is 1. The van der Waals surface area contributed by atoms with E-state index >= 15 is 0 Å². The van der Waals surface area contributed by atoms with Crippen molar-refractivity contribution in [2.24, 2.45) is 0 Å². The third kappa shape index (κ3) is 6.05. The fourth-order valence-electron chi connectivity index (χ4n) is 3.56. The predicted octanol–water partition coefficient (Wildman–Crippen LogP) is 3.49. The van der Waals surface area contributed by atoms with Gasteiger partial charge in [0.05, 0.1) is 10.6 Å². The van der Waals surface area contributed by atoms with E-state index in [0.29, 0.717) is 5.69 Å². The fraction of sp³-hybridized carbons (Fsp3) is 0.231. The summed E-state index contributed by atoms with van der Waals surface area (Å²) >= 11 is 0. The molecule has 3 aromatic rings. The Balaban J connectivity index is 2.02. The van der Waals surface area contributed by atoms with Gasteiger partial charge >= 0.3 is 0 Å². The molecular weight excluding hydrogens is 469 g/mol. The Labute approximate surface area is 205 Å². The first kappa shape index (κ1) is 25.9. The molecule has 2 amide bonds. The normalized spacial score (nSPS) is 12.0. The lowest BCUT2D eigenvalue weighted by molar-refractivity contribution is -0.139. The number of hydrogen-bond acceptors (Lipinski definition) is 4. The van der Waals surface area contributed by atoms with Crippen molar-refractivity contribution >= 4 is 27.5 Å². The van der Waals surface area contributed by atoms with Gasteiger partial charge in [-0.2, -0.15) is 0 Å². The number of nitrogens with zero attached hydrogens (tertiary/aromatic N) is 2. The minimum atomic E-state index is -4.12. The molecule has 0 aliphatic rings. The highest BCUT2D eigenvalue weighted by Gasteiger charge is 2.32. The molecule has 184 valence electrons. The molecule has 0 aliphatic carbocycles. The van der Waals surface area contributed by atoms with Crippen LogP contribution < -0.4 is 9.62 Å². The van der Waals surface area contributed by atoms with Gasteiger partial charge in [-0.15, -0.1) is 0 Å². The number of rotatable bonds is 9. The second-order valence-electron chi connectivity index (χ2n) is 8.06. The van der Waals surface area contributed by atoms with E-state index in [0.717, 1.165) is 9.87 Å². The van der Waals surface area contributed by atoms with Crippen molar-refractivity contribution in [2.45, 2.75) is 31.3 Å². The molecule has 1 N–H and O–H groups in total. The fourth-order valence-corrected chi connectivity index (χ4v) is 5.00. The van der Waals surface area contributed by atoms with Crippen LogP contribution in [-0.2, 0) is 26.2 Å². The van der Waals surface area contributed by atoms with Crippen LogP contribution in [0.3, 0.4) is 0 Å². The van der Waals surface area contributed by atoms with Crippen LogP contribution in [0, 0.1) is 12.7 Å². The van der Waals surface area contributed by atoms with E-state index in [-0.39, 0.29) is 17.0 Å². The number of carbonyl (C=O) groups is 2. The molecule has 0 aromatic heterocycles. The van der Waals surface area contributed by atoms with Gasteiger partial charge in [0, 0.05) is 19.2 Å². The predicted molar refractivity (Wildman–Crippen MR) is 133 cm³/mol. The maximum Gasteiger partial charge on any atom is 0.264 e. The molecule has 3 rings (SSSR count). The van der Waals surface area contributed by atoms with E-state index in [2.05, 4.69) is 5.32 Å². The second kappa shape index (κ2) is 11.1. The van der Waals surface area contributed by atoms with E-state index in [1.165, 1.54) is 49.2 Å². The third-order valence-corrected chi connectivity index (χ3v) is 7.43. The third-order valence-electron chi connectivity index (χ3n) is 5.64. The lowest BCUT2D eigenvalue weighted by Crippen LogP contribution is -2.50. The zero-order chi connectivity index (χ0) is 25.6. The second-order valence-corrected chi connectivity index (χ2v) is 9.93. The summed E-state index contributed by atoms with van der Waals surface area (Å²) in [7, 11) is -2.68. The number of aryl methyl sites for hydroxylation is 1. The Bertz CT molecular complexity index is 1280. The van der Waals surface area contributed by atoms with Crippen molar-refractivity contribution in [3.8, 4) is 0 Å². The Morgan fingerprint density at radius 2 is 1.54 bits per heavy atom. The first-order valence-electron chi connectivity index (χ1n) is 11.0. The minimum Gasteiger partial charge on any atom is -0.357 e. The molecule has 0 heterocycles. The summed E-state index contributed by atoms with van der Waals surface area (Å²) in [6, 6.07) is 19.5. The largest absolute Gasteiger partial charge is 0.357 e. The summed E-state index contributed by atoms with van der Waals surface area (Å²) in [6.07, 6.45) is 0. The lowest BCUT2D eigenvalue weighted by atomic mass is 10.1. The summed E-state index contributed by atoms with van der Waals surface area (Å²) in [6.45, 7) is 2.61. The highest BCUT2D eigenvalue weighted by atomic mass is 32.2. The lowest BCUT2D eigenvalue weighted by Gasteiger charge is -2.31. The van der Waals surface area contributed by atoms with E-state index < -0.39 is 40.2 Å². The van der Waals surface area contributed by atoms with Gasteiger partial charge in [-0.05, 0) is 44.2 Å². The van der Waals surface area contributed by atoms with Gasteiger partial charge in [-0.25, -0.2) is 12.8 Å². The van der Waals surface area contributed by atoms with Gasteiger partial charge in [0.1, 0.15) is 18.4 Å². The van der Waals surface area contributed by atoms with Gasteiger partial charge in [0.2, 0.25) is 11.8 Å². The van der Waals surface area contributed by atoms with Gasteiger partial charge in [0.15, 0.2) is 0 Å². The van der Waals surface area contributed by atoms with Crippen LogP contribution in [0.5, 0.6) is 0 Å². The average molecular weight is 498 g/mol. The van der Waals surface area contributed by atoms with Crippen LogP contribution in [-0.4, -0.2) is 44.8 Å². The number of hydrogen-bond donors (Lipinski definition) is 1. The molecule has 0 bridgehead atoms. The Morgan fingerprint density at radius 1 is 0.943 bits per heavy atom. The molecule has 0 spiro atoms. The highest BCUT2D eigenvalue weighted by Crippen LogP contribution is 2.25. The number of benzene rings is 3. The first-order valence-corrected chi connectivity index (χ1v) is 12.5. The molecule has 35 heavy (non-hydrogen) atoms. The van der Waals surface area contributed by atoms with Crippen molar-refractivity contribution in [2.75, 3.05) is 17.9 Å². The van der Waals surface area contributed by atoms with E-state index in [1.807, 2.05) is 6.92 Å². The number of sulfonamides is 1. The van der Waals surface area contributed by atoms with Crippen LogP contribution in [0.2, 0.25) is 0 Å².